The number of rotatable bonds is 5. The van der Waals surface area contributed by atoms with E-state index in [2.05, 4.69) is 15.6 Å². The first kappa shape index (κ1) is 21.2. The fraction of sp³-hybridized carbons (Fsp3) is 0.136. The van der Waals surface area contributed by atoms with E-state index in [0.717, 1.165) is 16.9 Å². The van der Waals surface area contributed by atoms with Gasteiger partial charge in [0, 0.05) is 5.39 Å². The quantitative estimate of drug-likeness (QED) is 0.284. The molecule has 0 aliphatic carbocycles. The van der Waals surface area contributed by atoms with Gasteiger partial charge in [0.25, 0.3) is 5.91 Å². The zero-order valence-corrected chi connectivity index (χ0v) is 18.0. The first-order chi connectivity index (χ1) is 15.5. The summed E-state index contributed by atoms with van der Waals surface area (Å²) in [6.45, 7) is 3.84. The Kier molecular flexibility index (Phi) is 5.95. The molecular weight excluding hydrogens is 432 g/mol. The smallest absolute Gasteiger partial charge is 0.369 e. The standard InChI is InChI=1S/C22H18N4O5S/c1-3-30-21(29)19-25-26(15-10-8-13(2)9-11-15)22(32-19)24-23-18(27)16-12-14-6-4-5-7-17(14)31-20(16)28/h4-12H,3H2,1-2H3,(H,23,27)/b24-22-. The molecule has 1 N–H and O–H groups in total. The van der Waals surface area contributed by atoms with Gasteiger partial charge in [0.1, 0.15) is 11.1 Å². The zero-order chi connectivity index (χ0) is 22.7. The maximum absolute atomic E-state index is 12.6. The number of nitrogens with one attached hydrogen (secondary N) is 1. The van der Waals surface area contributed by atoms with E-state index in [1.165, 1.54) is 10.7 Å². The van der Waals surface area contributed by atoms with Crippen molar-refractivity contribution in [3.05, 3.63) is 86.0 Å². The highest BCUT2D eigenvalue weighted by Gasteiger charge is 2.17. The average Bonchev–Trinajstić information content (AvgIpc) is 3.22. The molecule has 4 rings (SSSR count). The van der Waals surface area contributed by atoms with Crippen LogP contribution in [0.3, 0.4) is 0 Å². The van der Waals surface area contributed by atoms with Crippen molar-refractivity contribution in [2.24, 2.45) is 5.10 Å². The highest BCUT2D eigenvalue weighted by molar-refractivity contribution is 7.10. The van der Waals surface area contributed by atoms with Crippen LogP contribution in [0.2, 0.25) is 0 Å². The van der Waals surface area contributed by atoms with Crippen molar-refractivity contribution in [1.29, 1.82) is 0 Å². The summed E-state index contributed by atoms with van der Waals surface area (Å²) in [5.41, 5.74) is 3.45. The van der Waals surface area contributed by atoms with Gasteiger partial charge in [0.2, 0.25) is 9.81 Å². The summed E-state index contributed by atoms with van der Waals surface area (Å²) in [6.07, 6.45) is 0. The van der Waals surface area contributed by atoms with E-state index in [4.69, 9.17) is 9.15 Å². The molecule has 2 aromatic carbocycles. The molecule has 0 spiro atoms. The van der Waals surface area contributed by atoms with E-state index < -0.39 is 17.5 Å². The maximum Gasteiger partial charge on any atom is 0.369 e. The minimum Gasteiger partial charge on any atom is -0.461 e. The predicted molar refractivity (Wildman–Crippen MR) is 118 cm³/mol. The second kappa shape index (κ2) is 8.98. The van der Waals surface area contributed by atoms with Gasteiger partial charge in [-0.15, -0.1) is 10.2 Å². The number of nitrogens with zero attached hydrogens (tertiary/aromatic N) is 3. The molecule has 0 atom stereocenters. The number of fused-ring (bicyclic) bond motifs is 1. The van der Waals surface area contributed by atoms with Gasteiger partial charge < -0.3 is 9.15 Å². The lowest BCUT2D eigenvalue weighted by molar-refractivity contribution is 0.0524. The van der Waals surface area contributed by atoms with Crippen LogP contribution in [-0.2, 0) is 4.74 Å². The van der Waals surface area contributed by atoms with Crippen LogP contribution in [-0.4, -0.2) is 28.3 Å². The lowest BCUT2D eigenvalue weighted by atomic mass is 10.2. The van der Waals surface area contributed by atoms with Gasteiger partial charge in [-0.1, -0.05) is 47.2 Å². The summed E-state index contributed by atoms with van der Waals surface area (Å²) in [6, 6.07) is 15.7. The van der Waals surface area contributed by atoms with Crippen LogP contribution in [0, 0.1) is 6.92 Å². The van der Waals surface area contributed by atoms with Gasteiger partial charge in [-0.05, 0) is 38.1 Å². The van der Waals surface area contributed by atoms with Crippen molar-refractivity contribution >= 4 is 34.2 Å². The number of benzene rings is 2. The molecule has 0 aliphatic heterocycles. The molecule has 1 amide bonds. The van der Waals surface area contributed by atoms with Crippen molar-refractivity contribution in [3.8, 4) is 5.69 Å². The van der Waals surface area contributed by atoms with E-state index in [0.29, 0.717) is 16.7 Å². The molecule has 0 fully saturated rings. The van der Waals surface area contributed by atoms with Crippen LogP contribution < -0.4 is 15.9 Å². The summed E-state index contributed by atoms with van der Waals surface area (Å²) >= 11 is 0.945. The Morgan fingerprint density at radius 2 is 1.94 bits per heavy atom. The highest BCUT2D eigenvalue weighted by atomic mass is 32.1. The SMILES string of the molecule is CCOC(=O)c1nn(-c2ccc(C)cc2)/c(=N/NC(=O)c2cc3ccccc3oc2=O)s1. The van der Waals surface area contributed by atoms with E-state index in [1.807, 2.05) is 31.2 Å². The Balaban J connectivity index is 1.72. The largest absolute Gasteiger partial charge is 0.461 e. The van der Waals surface area contributed by atoms with Gasteiger partial charge in [-0.3, -0.25) is 4.79 Å². The molecule has 9 nitrogen and oxygen atoms in total. The predicted octanol–water partition coefficient (Wildman–Crippen LogP) is 2.77. The molecule has 0 bridgehead atoms. The van der Waals surface area contributed by atoms with Crippen molar-refractivity contribution in [2.45, 2.75) is 13.8 Å². The zero-order valence-electron chi connectivity index (χ0n) is 17.2. The summed E-state index contributed by atoms with van der Waals surface area (Å²) < 4.78 is 11.6. The molecule has 0 saturated heterocycles. The third-order valence-corrected chi connectivity index (χ3v) is 5.32. The first-order valence-corrected chi connectivity index (χ1v) is 10.5. The van der Waals surface area contributed by atoms with Gasteiger partial charge >= 0.3 is 11.6 Å². The van der Waals surface area contributed by atoms with E-state index in [9.17, 15) is 14.4 Å². The van der Waals surface area contributed by atoms with E-state index >= 15 is 0 Å². The fourth-order valence-electron chi connectivity index (χ4n) is 2.86. The average molecular weight is 450 g/mol. The second-order valence-electron chi connectivity index (χ2n) is 6.70. The van der Waals surface area contributed by atoms with Crippen LogP contribution in [0.5, 0.6) is 0 Å². The van der Waals surface area contributed by atoms with Crippen molar-refractivity contribution in [2.75, 3.05) is 6.61 Å². The van der Waals surface area contributed by atoms with E-state index in [1.54, 1.807) is 31.2 Å². The van der Waals surface area contributed by atoms with Gasteiger partial charge in [-0.2, -0.15) is 0 Å². The fourth-order valence-corrected chi connectivity index (χ4v) is 3.62. The topological polar surface area (TPSA) is 116 Å². The number of hydrogen-bond donors (Lipinski definition) is 1. The van der Waals surface area contributed by atoms with Crippen molar-refractivity contribution in [1.82, 2.24) is 15.2 Å². The Morgan fingerprint density at radius 1 is 1.19 bits per heavy atom. The number of amides is 1. The summed E-state index contributed by atoms with van der Waals surface area (Å²) in [7, 11) is 0. The van der Waals surface area contributed by atoms with Crippen molar-refractivity contribution < 1.29 is 18.7 Å². The Bertz CT molecular complexity index is 1430. The monoisotopic (exact) mass is 450 g/mol. The van der Waals surface area contributed by atoms with Crippen molar-refractivity contribution in [3.63, 3.8) is 0 Å². The van der Waals surface area contributed by atoms with Crippen LogP contribution in [0.1, 0.15) is 32.6 Å². The van der Waals surface area contributed by atoms with Crippen LogP contribution >= 0.6 is 11.3 Å². The summed E-state index contributed by atoms with van der Waals surface area (Å²) in [5.74, 6) is -1.34. The first-order valence-electron chi connectivity index (χ1n) is 9.67. The number of para-hydroxylation sites is 1. The number of aromatic nitrogens is 2. The van der Waals surface area contributed by atoms with Crippen LogP contribution in [0.15, 0.2) is 68.9 Å². The molecule has 4 aromatic rings. The van der Waals surface area contributed by atoms with Gasteiger partial charge in [0.15, 0.2) is 0 Å². The Morgan fingerprint density at radius 3 is 2.69 bits per heavy atom. The normalized spacial score (nSPS) is 11.5. The van der Waals surface area contributed by atoms with E-state index in [-0.39, 0.29) is 22.0 Å². The number of hydrogen-bond acceptors (Lipinski definition) is 8. The minimum absolute atomic E-state index is 0.0747. The molecule has 162 valence electrons. The lowest BCUT2D eigenvalue weighted by Gasteiger charge is -2.03. The molecule has 0 radical (unpaired) electrons. The molecular formula is C22H18N4O5S. The summed E-state index contributed by atoms with van der Waals surface area (Å²) in [4.78, 5) is 37.2. The Hall–Kier alpha value is -4.05. The molecule has 2 aromatic heterocycles. The molecule has 0 aliphatic rings. The minimum atomic E-state index is -0.778. The Labute approximate surface area is 185 Å². The number of carbonyl (C=O) groups is 2. The van der Waals surface area contributed by atoms with Gasteiger partial charge in [-0.25, -0.2) is 19.7 Å². The number of aryl methyl sites for hydroxylation is 1. The number of carbonyl (C=O) groups excluding carboxylic acids is 2. The highest BCUT2D eigenvalue weighted by Crippen LogP contribution is 2.13. The third kappa shape index (κ3) is 4.35. The second-order valence-corrected chi connectivity index (χ2v) is 7.65. The maximum atomic E-state index is 12.6. The molecule has 0 saturated carbocycles. The summed E-state index contributed by atoms with van der Waals surface area (Å²) in [5, 5.41) is 9.05. The third-order valence-electron chi connectivity index (χ3n) is 4.43. The van der Waals surface area contributed by atoms with Crippen LogP contribution in [0.4, 0.5) is 0 Å². The lowest BCUT2D eigenvalue weighted by Crippen LogP contribution is -2.27. The number of ether oxygens (including phenoxy) is 1. The molecule has 0 unspecified atom stereocenters. The van der Waals surface area contributed by atoms with Crippen LogP contribution in [0.25, 0.3) is 16.7 Å². The molecule has 2 heterocycles. The number of esters is 1. The molecule has 10 heteroatoms. The van der Waals surface area contributed by atoms with Gasteiger partial charge in [0.05, 0.1) is 12.3 Å². The molecule has 32 heavy (non-hydrogen) atoms.